The van der Waals surface area contributed by atoms with E-state index in [1.165, 1.54) is 12.5 Å². The molecule has 2 heterocycles. The summed E-state index contributed by atoms with van der Waals surface area (Å²) in [7, 11) is 0. The van der Waals surface area contributed by atoms with Crippen molar-refractivity contribution in [1.29, 1.82) is 0 Å². The average Bonchev–Trinajstić information content (AvgIpc) is 3.33. The fraction of sp³-hybridized carbons (Fsp3) is 0.0526. The first kappa shape index (κ1) is 15.8. The van der Waals surface area contributed by atoms with Crippen LogP contribution in [-0.2, 0) is 0 Å². The normalized spacial score (nSPS) is 11.8. The fourth-order valence-electron chi connectivity index (χ4n) is 2.55. The second-order valence-corrected chi connectivity index (χ2v) is 5.53. The molecule has 0 aliphatic carbocycles. The number of benzene rings is 2. The summed E-state index contributed by atoms with van der Waals surface area (Å²) in [5.41, 5.74) is 1.67. The van der Waals surface area contributed by atoms with E-state index < -0.39 is 0 Å². The van der Waals surface area contributed by atoms with Crippen molar-refractivity contribution in [3.63, 3.8) is 0 Å². The Labute approximate surface area is 148 Å². The second kappa shape index (κ2) is 6.64. The topological polar surface area (TPSA) is 89.8 Å². The van der Waals surface area contributed by atoms with Gasteiger partial charge in [0.05, 0.1) is 23.1 Å². The molecule has 0 bridgehead atoms. The van der Waals surface area contributed by atoms with E-state index >= 15 is 0 Å². The maximum Gasteiger partial charge on any atom is 0.258 e. The van der Waals surface area contributed by atoms with Gasteiger partial charge in [-0.05, 0) is 30.3 Å². The lowest BCUT2D eigenvalue weighted by atomic mass is 10.1. The summed E-state index contributed by atoms with van der Waals surface area (Å²) < 4.78 is 15.5. The molecule has 2 amide bonds. The lowest BCUT2D eigenvalue weighted by Crippen LogP contribution is -2.18. The molecule has 0 atom stereocenters. The maximum atomic E-state index is 12.7. The smallest absolute Gasteiger partial charge is 0.258 e. The molecule has 4 rings (SSSR count). The minimum atomic E-state index is -0.359. The van der Waals surface area contributed by atoms with Crippen molar-refractivity contribution < 1.29 is 23.5 Å². The molecule has 0 saturated heterocycles. The van der Waals surface area contributed by atoms with E-state index in [9.17, 15) is 9.59 Å². The Morgan fingerprint density at radius 3 is 2.58 bits per heavy atom. The van der Waals surface area contributed by atoms with E-state index in [1.807, 2.05) is 0 Å². The van der Waals surface area contributed by atoms with Gasteiger partial charge in [0.25, 0.3) is 11.8 Å². The van der Waals surface area contributed by atoms with Crippen molar-refractivity contribution in [2.75, 3.05) is 17.4 Å². The Bertz CT molecular complexity index is 966. The predicted molar refractivity (Wildman–Crippen MR) is 93.6 cm³/mol. The minimum absolute atomic E-state index is 0.162. The molecular formula is C19H14N2O5. The summed E-state index contributed by atoms with van der Waals surface area (Å²) in [6.45, 7) is 0.162. The van der Waals surface area contributed by atoms with Gasteiger partial charge in [-0.2, -0.15) is 0 Å². The van der Waals surface area contributed by atoms with Crippen molar-refractivity contribution in [3.8, 4) is 11.5 Å². The van der Waals surface area contributed by atoms with Crippen LogP contribution in [0.15, 0.2) is 65.5 Å². The Morgan fingerprint density at radius 1 is 0.885 bits per heavy atom. The van der Waals surface area contributed by atoms with Crippen LogP contribution in [0.3, 0.4) is 0 Å². The van der Waals surface area contributed by atoms with E-state index in [2.05, 4.69) is 10.6 Å². The Kier molecular flexibility index (Phi) is 4.03. The molecule has 130 valence electrons. The molecule has 0 saturated carbocycles. The monoisotopic (exact) mass is 350 g/mol. The molecule has 3 aromatic rings. The second-order valence-electron chi connectivity index (χ2n) is 5.53. The van der Waals surface area contributed by atoms with Gasteiger partial charge in [-0.3, -0.25) is 9.59 Å². The Balaban J connectivity index is 1.54. The number of hydrogen-bond acceptors (Lipinski definition) is 5. The van der Waals surface area contributed by atoms with Gasteiger partial charge in [0.15, 0.2) is 11.5 Å². The van der Waals surface area contributed by atoms with Crippen LogP contribution < -0.4 is 20.1 Å². The molecule has 7 heteroatoms. The molecule has 0 radical (unpaired) electrons. The zero-order valence-electron chi connectivity index (χ0n) is 13.5. The minimum Gasteiger partial charge on any atom is -0.472 e. The van der Waals surface area contributed by atoms with Gasteiger partial charge >= 0.3 is 0 Å². The average molecular weight is 350 g/mol. The number of rotatable bonds is 4. The maximum absolute atomic E-state index is 12.7. The van der Waals surface area contributed by atoms with Crippen LogP contribution >= 0.6 is 0 Å². The van der Waals surface area contributed by atoms with Gasteiger partial charge < -0.3 is 24.5 Å². The molecule has 0 fully saturated rings. The van der Waals surface area contributed by atoms with Gasteiger partial charge in [-0.25, -0.2) is 0 Å². The molecule has 26 heavy (non-hydrogen) atoms. The van der Waals surface area contributed by atoms with Gasteiger partial charge in [0.1, 0.15) is 6.26 Å². The van der Waals surface area contributed by atoms with E-state index in [1.54, 1.807) is 48.5 Å². The first-order chi connectivity index (χ1) is 12.7. The number of fused-ring (bicyclic) bond motifs is 1. The molecule has 1 aliphatic heterocycles. The number of carbonyl (C=O) groups is 2. The zero-order chi connectivity index (χ0) is 17.9. The third kappa shape index (κ3) is 3.10. The van der Waals surface area contributed by atoms with Crippen molar-refractivity contribution >= 4 is 23.2 Å². The van der Waals surface area contributed by atoms with Crippen LogP contribution in [0.25, 0.3) is 0 Å². The SMILES string of the molecule is O=C(Nc1ccccc1C(=O)Nc1ccc2c(c1)OCO2)c1ccoc1. The summed E-state index contributed by atoms with van der Waals surface area (Å²) in [5.74, 6) is 0.495. The fourth-order valence-corrected chi connectivity index (χ4v) is 2.55. The number of ether oxygens (including phenoxy) is 2. The van der Waals surface area contributed by atoms with Crippen LogP contribution in [-0.4, -0.2) is 18.6 Å². The van der Waals surface area contributed by atoms with Crippen molar-refractivity contribution in [2.24, 2.45) is 0 Å². The van der Waals surface area contributed by atoms with Crippen molar-refractivity contribution in [3.05, 3.63) is 72.2 Å². The van der Waals surface area contributed by atoms with E-state index in [4.69, 9.17) is 13.9 Å². The molecule has 1 aliphatic rings. The van der Waals surface area contributed by atoms with E-state index in [-0.39, 0.29) is 18.6 Å². The third-order valence-electron chi connectivity index (χ3n) is 3.83. The van der Waals surface area contributed by atoms with Crippen LogP contribution in [0.2, 0.25) is 0 Å². The summed E-state index contributed by atoms with van der Waals surface area (Å²) in [4.78, 5) is 24.9. The highest BCUT2D eigenvalue weighted by atomic mass is 16.7. The summed E-state index contributed by atoms with van der Waals surface area (Å²) in [6.07, 6.45) is 2.75. The highest BCUT2D eigenvalue weighted by molar-refractivity contribution is 6.12. The van der Waals surface area contributed by atoms with E-state index in [0.29, 0.717) is 34.0 Å². The van der Waals surface area contributed by atoms with Crippen molar-refractivity contribution in [1.82, 2.24) is 0 Å². The number of anilines is 2. The molecule has 7 nitrogen and oxygen atoms in total. The Hall–Kier alpha value is -3.74. The van der Waals surface area contributed by atoms with Crippen LogP contribution in [0.5, 0.6) is 11.5 Å². The third-order valence-corrected chi connectivity index (χ3v) is 3.83. The number of hydrogen-bond donors (Lipinski definition) is 2. The summed E-state index contributed by atoms with van der Waals surface area (Å²) in [5, 5.41) is 5.51. The zero-order valence-corrected chi connectivity index (χ0v) is 13.5. The number of carbonyl (C=O) groups excluding carboxylic acids is 2. The number of para-hydroxylation sites is 1. The predicted octanol–water partition coefficient (Wildman–Crippen LogP) is 3.51. The van der Waals surface area contributed by atoms with Crippen LogP contribution in [0.4, 0.5) is 11.4 Å². The lowest BCUT2D eigenvalue weighted by Gasteiger charge is -2.11. The quantitative estimate of drug-likeness (QED) is 0.751. The molecular weight excluding hydrogens is 336 g/mol. The van der Waals surface area contributed by atoms with Gasteiger partial charge in [-0.1, -0.05) is 12.1 Å². The molecule has 1 aromatic heterocycles. The van der Waals surface area contributed by atoms with Gasteiger partial charge in [0.2, 0.25) is 6.79 Å². The highest BCUT2D eigenvalue weighted by Gasteiger charge is 2.17. The standard InChI is InChI=1S/C19H14N2O5/c22-18(12-7-8-24-10-12)21-15-4-2-1-3-14(15)19(23)20-13-5-6-16-17(9-13)26-11-25-16/h1-10H,11H2,(H,20,23)(H,21,22). The highest BCUT2D eigenvalue weighted by Crippen LogP contribution is 2.34. The van der Waals surface area contributed by atoms with E-state index in [0.717, 1.165) is 0 Å². The molecule has 2 N–H and O–H groups in total. The van der Waals surface area contributed by atoms with Crippen LogP contribution in [0, 0.1) is 0 Å². The first-order valence-corrected chi connectivity index (χ1v) is 7.84. The molecule has 0 spiro atoms. The molecule has 2 aromatic carbocycles. The molecule has 0 unspecified atom stereocenters. The number of nitrogens with one attached hydrogen (secondary N) is 2. The van der Waals surface area contributed by atoms with Crippen LogP contribution in [0.1, 0.15) is 20.7 Å². The number of furan rings is 1. The van der Waals surface area contributed by atoms with Gasteiger partial charge in [-0.15, -0.1) is 0 Å². The summed E-state index contributed by atoms with van der Waals surface area (Å²) >= 11 is 0. The Morgan fingerprint density at radius 2 is 1.73 bits per heavy atom. The lowest BCUT2D eigenvalue weighted by molar-refractivity contribution is 0.102. The number of amides is 2. The largest absolute Gasteiger partial charge is 0.472 e. The first-order valence-electron chi connectivity index (χ1n) is 7.84. The summed E-state index contributed by atoms with van der Waals surface area (Å²) in [6, 6.07) is 13.4. The van der Waals surface area contributed by atoms with Crippen molar-refractivity contribution in [2.45, 2.75) is 0 Å². The van der Waals surface area contributed by atoms with Gasteiger partial charge in [0, 0.05) is 11.8 Å².